The van der Waals surface area contributed by atoms with E-state index < -0.39 is 0 Å². The quantitative estimate of drug-likeness (QED) is 0.883. The van der Waals surface area contributed by atoms with E-state index in [9.17, 15) is 4.39 Å². The van der Waals surface area contributed by atoms with Gasteiger partial charge in [0.25, 0.3) is 0 Å². The van der Waals surface area contributed by atoms with Crippen molar-refractivity contribution in [3.63, 3.8) is 0 Å². The third-order valence-electron chi connectivity index (χ3n) is 3.19. The highest BCUT2D eigenvalue weighted by Gasteiger charge is 2.12. The van der Waals surface area contributed by atoms with Crippen molar-refractivity contribution < 1.29 is 9.13 Å². The van der Waals surface area contributed by atoms with Gasteiger partial charge in [0.15, 0.2) is 0 Å². The minimum Gasteiger partial charge on any atom is -0.497 e. The van der Waals surface area contributed by atoms with Crippen LogP contribution in [0.3, 0.4) is 0 Å². The molecule has 1 unspecified atom stereocenters. The Bertz CT molecular complexity index is 568. The second kappa shape index (κ2) is 5.74. The monoisotopic (exact) mass is 259 g/mol. The van der Waals surface area contributed by atoms with Crippen molar-refractivity contribution in [2.75, 3.05) is 12.4 Å². The van der Waals surface area contributed by atoms with Gasteiger partial charge in [0.1, 0.15) is 11.6 Å². The molecule has 2 aromatic carbocycles. The Morgan fingerprint density at radius 1 is 1.16 bits per heavy atom. The topological polar surface area (TPSA) is 21.3 Å². The Morgan fingerprint density at radius 3 is 2.53 bits per heavy atom. The van der Waals surface area contributed by atoms with Gasteiger partial charge in [-0.15, -0.1) is 0 Å². The molecule has 0 spiro atoms. The number of benzene rings is 2. The van der Waals surface area contributed by atoms with E-state index in [1.807, 2.05) is 38.1 Å². The molecule has 2 aromatic rings. The second-order valence-electron chi connectivity index (χ2n) is 4.57. The molecule has 0 aliphatic carbocycles. The number of hydrogen-bond donors (Lipinski definition) is 1. The fourth-order valence-electron chi connectivity index (χ4n) is 2.03. The van der Waals surface area contributed by atoms with E-state index >= 15 is 0 Å². The molecule has 0 saturated carbocycles. The van der Waals surface area contributed by atoms with Crippen LogP contribution in [-0.4, -0.2) is 7.11 Å². The average Bonchev–Trinajstić information content (AvgIpc) is 2.41. The molecule has 1 atom stereocenters. The lowest BCUT2D eigenvalue weighted by Gasteiger charge is -2.18. The highest BCUT2D eigenvalue weighted by molar-refractivity contribution is 5.52. The van der Waals surface area contributed by atoms with Crippen LogP contribution in [0.1, 0.15) is 24.1 Å². The molecular formula is C16H18FNO. The van der Waals surface area contributed by atoms with Crippen molar-refractivity contribution in [3.05, 3.63) is 59.4 Å². The second-order valence-corrected chi connectivity index (χ2v) is 4.57. The van der Waals surface area contributed by atoms with E-state index in [4.69, 9.17) is 4.74 Å². The van der Waals surface area contributed by atoms with Gasteiger partial charge in [-0.2, -0.15) is 0 Å². The molecule has 0 aromatic heterocycles. The lowest BCUT2D eigenvalue weighted by atomic mass is 10.1. The summed E-state index contributed by atoms with van der Waals surface area (Å²) in [6.07, 6.45) is 0. The third-order valence-corrected chi connectivity index (χ3v) is 3.19. The summed E-state index contributed by atoms with van der Waals surface area (Å²) in [5, 5.41) is 3.32. The van der Waals surface area contributed by atoms with Gasteiger partial charge >= 0.3 is 0 Å². The number of anilines is 1. The van der Waals surface area contributed by atoms with Crippen LogP contribution in [0.4, 0.5) is 10.1 Å². The lowest BCUT2D eigenvalue weighted by Crippen LogP contribution is -2.09. The van der Waals surface area contributed by atoms with Gasteiger partial charge in [0.2, 0.25) is 0 Å². The third kappa shape index (κ3) is 3.05. The fraction of sp³-hybridized carbons (Fsp3) is 0.250. The number of para-hydroxylation sites is 1. The molecule has 0 radical (unpaired) electrons. The summed E-state index contributed by atoms with van der Waals surface area (Å²) in [5.41, 5.74) is 2.79. The minimum absolute atomic E-state index is 0.105. The smallest absolute Gasteiger partial charge is 0.132 e. The SMILES string of the molecule is COc1ccc(C(C)Nc2ccccc2C)c(F)c1. The normalized spacial score (nSPS) is 12.0. The van der Waals surface area contributed by atoms with E-state index in [1.165, 1.54) is 13.2 Å². The van der Waals surface area contributed by atoms with Gasteiger partial charge in [0.05, 0.1) is 13.2 Å². The number of halogens is 1. The van der Waals surface area contributed by atoms with E-state index in [0.29, 0.717) is 11.3 Å². The van der Waals surface area contributed by atoms with Crippen LogP contribution in [-0.2, 0) is 0 Å². The molecule has 1 N–H and O–H groups in total. The Labute approximate surface area is 113 Å². The van der Waals surface area contributed by atoms with Crippen LogP contribution in [0.25, 0.3) is 0 Å². The zero-order chi connectivity index (χ0) is 13.8. The van der Waals surface area contributed by atoms with Crippen LogP contribution < -0.4 is 10.1 Å². The summed E-state index contributed by atoms with van der Waals surface area (Å²) >= 11 is 0. The molecule has 2 rings (SSSR count). The van der Waals surface area contributed by atoms with Gasteiger partial charge in [0, 0.05) is 17.3 Å². The van der Waals surface area contributed by atoms with E-state index in [0.717, 1.165) is 11.3 Å². The first-order valence-electron chi connectivity index (χ1n) is 6.27. The first-order chi connectivity index (χ1) is 9.11. The van der Waals surface area contributed by atoms with E-state index in [2.05, 4.69) is 5.32 Å². The van der Waals surface area contributed by atoms with Crippen LogP contribution in [0, 0.1) is 12.7 Å². The van der Waals surface area contributed by atoms with Gasteiger partial charge < -0.3 is 10.1 Å². The predicted molar refractivity (Wildman–Crippen MR) is 76.2 cm³/mol. The number of aryl methyl sites for hydroxylation is 1. The minimum atomic E-state index is -0.257. The molecule has 0 fully saturated rings. The number of rotatable bonds is 4. The Balaban J connectivity index is 2.21. The zero-order valence-electron chi connectivity index (χ0n) is 11.4. The zero-order valence-corrected chi connectivity index (χ0v) is 11.4. The molecule has 19 heavy (non-hydrogen) atoms. The summed E-state index contributed by atoms with van der Waals surface area (Å²) in [7, 11) is 1.53. The van der Waals surface area contributed by atoms with Crippen molar-refractivity contribution in [2.24, 2.45) is 0 Å². The van der Waals surface area contributed by atoms with E-state index in [1.54, 1.807) is 12.1 Å². The maximum absolute atomic E-state index is 14.0. The Hall–Kier alpha value is -2.03. The molecule has 100 valence electrons. The van der Waals surface area contributed by atoms with Gasteiger partial charge in [-0.3, -0.25) is 0 Å². The first kappa shape index (κ1) is 13.4. The Morgan fingerprint density at radius 2 is 1.89 bits per heavy atom. The van der Waals surface area contributed by atoms with Gasteiger partial charge in [-0.05, 0) is 31.5 Å². The average molecular weight is 259 g/mol. The van der Waals surface area contributed by atoms with Crippen LogP contribution >= 0.6 is 0 Å². The summed E-state index contributed by atoms with van der Waals surface area (Å²) in [4.78, 5) is 0. The molecule has 0 bridgehead atoms. The maximum atomic E-state index is 14.0. The molecule has 0 aliphatic rings. The summed E-state index contributed by atoms with van der Waals surface area (Å²) in [6.45, 7) is 3.97. The first-order valence-corrected chi connectivity index (χ1v) is 6.27. The van der Waals surface area contributed by atoms with Crippen molar-refractivity contribution >= 4 is 5.69 Å². The number of nitrogens with one attached hydrogen (secondary N) is 1. The molecule has 3 heteroatoms. The highest BCUT2D eigenvalue weighted by atomic mass is 19.1. The number of ether oxygens (including phenoxy) is 1. The van der Waals surface area contributed by atoms with E-state index in [-0.39, 0.29) is 11.9 Å². The molecule has 2 nitrogen and oxygen atoms in total. The van der Waals surface area contributed by atoms with Crippen molar-refractivity contribution in [1.29, 1.82) is 0 Å². The number of hydrogen-bond acceptors (Lipinski definition) is 2. The predicted octanol–water partition coefficient (Wildman–Crippen LogP) is 4.32. The standard InChI is InChI=1S/C16H18FNO/c1-11-6-4-5-7-16(11)18-12(2)14-9-8-13(19-3)10-15(14)17/h4-10,12,18H,1-3H3. The van der Waals surface area contributed by atoms with Gasteiger partial charge in [-0.1, -0.05) is 24.3 Å². The molecule has 0 heterocycles. The van der Waals surface area contributed by atoms with Crippen LogP contribution in [0.15, 0.2) is 42.5 Å². The summed E-state index contributed by atoms with van der Waals surface area (Å²) in [5.74, 6) is 0.275. The molecule has 0 saturated heterocycles. The van der Waals surface area contributed by atoms with Crippen molar-refractivity contribution in [2.45, 2.75) is 19.9 Å². The fourth-order valence-corrected chi connectivity index (χ4v) is 2.03. The number of methoxy groups -OCH3 is 1. The molecule has 0 amide bonds. The van der Waals surface area contributed by atoms with Crippen LogP contribution in [0.2, 0.25) is 0 Å². The van der Waals surface area contributed by atoms with Crippen molar-refractivity contribution in [1.82, 2.24) is 0 Å². The highest BCUT2D eigenvalue weighted by Crippen LogP contribution is 2.26. The van der Waals surface area contributed by atoms with Crippen LogP contribution in [0.5, 0.6) is 5.75 Å². The summed E-state index contributed by atoms with van der Waals surface area (Å²) in [6, 6.07) is 12.8. The molecule has 0 aliphatic heterocycles. The van der Waals surface area contributed by atoms with Gasteiger partial charge in [-0.25, -0.2) is 4.39 Å². The summed E-state index contributed by atoms with van der Waals surface area (Å²) < 4.78 is 19.0. The maximum Gasteiger partial charge on any atom is 0.132 e. The largest absolute Gasteiger partial charge is 0.497 e. The lowest BCUT2D eigenvalue weighted by molar-refractivity contribution is 0.410. The molecular weight excluding hydrogens is 241 g/mol. The van der Waals surface area contributed by atoms with Crippen molar-refractivity contribution in [3.8, 4) is 5.75 Å². The Kier molecular flexibility index (Phi) is 4.05.